The van der Waals surface area contributed by atoms with Gasteiger partial charge in [0.2, 0.25) is 0 Å². The van der Waals surface area contributed by atoms with Gasteiger partial charge in [-0.15, -0.1) is 0 Å². The third-order valence-electron chi connectivity index (χ3n) is 1.87. The molecule has 1 saturated heterocycles. The number of ether oxygens (including phenoxy) is 1. The molecule has 12 heavy (non-hydrogen) atoms. The van der Waals surface area contributed by atoms with Gasteiger partial charge in [0.15, 0.2) is 6.29 Å². The third-order valence-corrected chi connectivity index (χ3v) is 1.87. The maximum Gasteiger partial charge on any atom is 0.184 e. The summed E-state index contributed by atoms with van der Waals surface area (Å²) in [5, 5.41) is 44.7. The third kappa shape index (κ3) is 1.58. The zero-order chi connectivity index (χ0) is 9.30. The maximum absolute atomic E-state index is 9.12. The quantitative estimate of drug-likeness (QED) is 0.290. The lowest BCUT2D eigenvalue weighted by Gasteiger charge is -2.37. The van der Waals surface area contributed by atoms with Gasteiger partial charge in [0, 0.05) is 0 Å². The van der Waals surface area contributed by atoms with Crippen LogP contribution < -0.4 is 0 Å². The van der Waals surface area contributed by atoms with E-state index in [1.54, 1.807) is 0 Å². The average molecular weight is 180 g/mol. The predicted octanol–water partition coefficient (Wildman–Crippen LogP) is -3.22. The van der Waals surface area contributed by atoms with Gasteiger partial charge in [0.1, 0.15) is 24.4 Å². The van der Waals surface area contributed by atoms with Crippen LogP contribution in [0.25, 0.3) is 0 Å². The topological polar surface area (TPSA) is 110 Å². The number of aliphatic hydroxyl groups is 5. The zero-order valence-electron chi connectivity index (χ0n) is 6.24. The van der Waals surface area contributed by atoms with Crippen LogP contribution >= 0.6 is 0 Å². The molecule has 0 radical (unpaired) electrons. The molecule has 6 heteroatoms. The van der Waals surface area contributed by atoms with E-state index in [-0.39, 0.29) is 0 Å². The highest BCUT2D eigenvalue weighted by Gasteiger charge is 2.42. The van der Waals surface area contributed by atoms with Gasteiger partial charge in [-0.1, -0.05) is 0 Å². The molecule has 6 nitrogen and oxygen atoms in total. The van der Waals surface area contributed by atoms with Crippen molar-refractivity contribution in [1.29, 1.82) is 0 Å². The molecular formula is C6H12O6. The van der Waals surface area contributed by atoms with E-state index in [1.807, 2.05) is 0 Å². The van der Waals surface area contributed by atoms with E-state index in [0.717, 1.165) is 0 Å². The van der Waals surface area contributed by atoms with E-state index in [1.165, 1.54) is 0 Å². The molecule has 1 aliphatic heterocycles. The van der Waals surface area contributed by atoms with Gasteiger partial charge < -0.3 is 30.3 Å². The fourth-order valence-corrected chi connectivity index (χ4v) is 1.08. The Bertz CT molecular complexity index is 146. The summed E-state index contributed by atoms with van der Waals surface area (Å²) in [6, 6.07) is 0. The summed E-state index contributed by atoms with van der Waals surface area (Å²) >= 11 is 0. The van der Waals surface area contributed by atoms with Crippen molar-refractivity contribution in [2.45, 2.75) is 30.7 Å². The summed E-state index contributed by atoms with van der Waals surface area (Å²) in [6.45, 7) is -0.526. The van der Waals surface area contributed by atoms with Crippen LogP contribution in [0.3, 0.4) is 0 Å². The van der Waals surface area contributed by atoms with Crippen molar-refractivity contribution >= 4 is 0 Å². The molecule has 1 fully saturated rings. The van der Waals surface area contributed by atoms with Gasteiger partial charge in [-0.05, 0) is 0 Å². The van der Waals surface area contributed by atoms with Crippen molar-refractivity contribution in [3.05, 3.63) is 0 Å². The number of hydrogen-bond acceptors (Lipinski definition) is 6. The van der Waals surface area contributed by atoms with Gasteiger partial charge >= 0.3 is 0 Å². The van der Waals surface area contributed by atoms with Gasteiger partial charge in [-0.3, -0.25) is 0 Å². The molecular weight excluding hydrogens is 168 g/mol. The second-order valence-corrected chi connectivity index (χ2v) is 2.72. The first-order valence-corrected chi connectivity index (χ1v) is 3.56. The highest BCUT2D eigenvalue weighted by atomic mass is 16.6. The fraction of sp³-hybridized carbons (Fsp3) is 1.00. The Hall–Kier alpha value is -0.240. The molecule has 0 aliphatic carbocycles. The Morgan fingerprint density at radius 2 is 1.50 bits per heavy atom. The Labute approximate surface area is 68.6 Å². The van der Waals surface area contributed by atoms with Gasteiger partial charge in [-0.2, -0.15) is 0 Å². The first-order chi connectivity index (χ1) is 5.57. The summed E-state index contributed by atoms with van der Waals surface area (Å²) in [6.07, 6.45) is -7.04. The Morgan fingerprint density at radius 1 is 0.917 bits per heavy atom. The smallest absolute Gasteiger partial charge is 0.184 e. The molecule has 0 saturated carbocycles. The predicted molar refractivity (Wildman–Crippen MR) is 36.0 cm³/mol. The number of hydrogen-bond donors (Lipinski definition) is 5. The van der Waals surface area contributed by atoms with Crippen molar-refractivity contribution in [1.82, 2.24) is 0 Å². The summed E-state index contributed by atoms with van der Waals surface area (Å²) in [5.41, 5.74) is 0. The highest BCUT2D eigenvalue weighted by Crippen LogP contribution is 2.18. The molecule has 0 amide bonds. The minimum Gasteiger partial charge on any atom is -0.394 e. The lowest BCUT2D eigenvalue weighted by molar-refractivity contribution is -0.286. The van der Waals surface area contributed by atoms with Crippen molar-refractivity contribution in [2.75, 3.05) is 6.61 Å². The van der Waals surface area contributed by atoms with Crippen LogP contribution in [0.5, 0.6) is 0 Å². The highest BCUT2D eigenvalue weighted by molar-refractivity contribution is 4.87. The van der Waals surface area contributed by atoms with Gasteiger partial charge in [0.25, 0.3) is 0 Å². The first-order valence-electron chi connectivity index (χ1n) is 3.56. The molecule has 0 bridgehead atoms. The molecule has 5 atom stereocenters. The van der Waals surface area contributed by atoms with Gasteiger partial charge in [0.05, 0.1) is 6.61 Å². The molecule has 1 aliphatic rings. The van der Waals surface area contributed by atoms with E-state index in [2.05, 4.69) is 4.74 Å². The molecule has 72 valence electrons. The molecule has 1 heterocycles. The molecule has 0 aromatic rings. The SMILES string of the molecule is OCC1O[C@@H](O)[C@H](O)[C@H](O)[C@@H]1O. The second-order valence-electron chi connectivity index (χ2n) is 2.72. The van der Waals surface area contributed by atoms with Crippen molar-refractivity contribution < 1.29 is 30.3 Å². The molecule has 0 aromatic carbocycles. The van der Waals surface area contributed by atoms with Crippen LogP contribution in [-0.4, -0.2) is 62.8 Å². The Kier molecular flexibility index (Phi) is 2.99. The van der Waals surface area contributed by atoms with E-state index in [4.69, 9.17) is 25.5 Å². The van der Waals surface area contributed by atoms with Crippen LogP contribution in [0.15, 0.2) is 0 Å². The van der Waals surface area contributed by atoms with E-state index in [9.17, 15) is 0 Å². The minimum absolute atomic E-state index is 0.526. The van der Waals surface area contributed by atoms with Crippen LogP contribution in [0.2, 0.25) is 0 Å². The molecule has 1 unspecified atom stereocenters. The van der Waals surface area contributed by atoms with Crippen molar-refractivity contribution in [3.63, 3.8) is 0 Å². The monoisotopic (exact) mass is 180 g/mol. The zero-order valence-corrected chi connectivity index (χ0v) is 6.24. The van der Waals surface area contributed by atoms with E-state index < -0.39 is 37.3 Å². The van der Waals surface area contributed by atoms with Crippen LogP contribution in [0.1, 0.15) is 0 Å². The van der Waals surface area contributed by atoms with Crippen LogP contribution in [-0.2, 0) is 4.74 Å². The van der Waals surface area contributed by atoms with Crippen LogP contribution in [0.4, 0.5) is 0 Å². The molecule has 0 spiro atoms. The maximum atomic E-state index is 9.12. The average Bonchev–Trinajstić information content (AvgIpc) is 2.08. The second kappa shape index (κ2) is 3.65. The first kappa shape index (κ1) is 9.85. The fourth-order valence-electron chi connectivity index (χ4n) is 1.08. The molecule has 0 aromatic heterocycles. The minimum atomic E-state index is -1.57. The number of aliphatic hydroxyl groups excluding tert-OH is 5. The molecule has 1 rings (SSSR count). The summed E-state index contributed by atoms with van der Waals surface area (Å²) in [4.78, 5) is 0. The Balaban J connectivity index is 2.63. The van der Waals surface area contributed by atoms with Crippen molar-refractivity contribution in [2.24, 2.45) is 0 Å². The molecule has 5 N–H and O–H groups in total. The Morgan fingerprint density at radius 3 is 2.00 bits per heavy atom. The van der Waals surface area contributed by atoms with E-state index in [0.29, 0.717) is 0 Å². The number of rotatable bonds is 1. The standard InChI is InChI=1S/C6H12O6/c7-1-2-3(8)4(9)5(10)6(11)12-2/h2-11H,1H2/t2?,3-,4-,5-,6-/m1/s1. The van der Waals surface area contributed by atoms with Gasteiger partial charge in [-0.25, -0.2) is 0 Å². The normalized spacial score (nSPS) is 49.2. The van der Waals surface area contributed by atoms with Crippen molar-refractivity contribution in [3.8, 4) is 0 Å². The summed E-state index contributed by atoms with van der Waals surface area (Å²) in [5.74, 6) is 0. The largest absolute Gasteiger partial charge is 0.394 e. The summed E-state index contributed by atoms with van der Waals surface area (Å²) < 4.78 is 4.58. The lowest BCUT2D eigenvalue weighted by atomic mass is 10.00. The van der Waals surface area contributed by atoms with E-state index >= 15 is 0 Å². The summed E-state index contributed by atoms with van der Waals surface area (Å²) in [7, 11) is 0. The lowest BCUT2D eigenvalue weighted by Crippen LogP contribution is -2.58. The van der Waals surface area contributed by atoms with Crippen LogP contribution in [0, 0.1) is 0 Å².